The van der Waals surface area contributed by atoms with Crippen LogP contribution >= 0.6 is 15.9 Å². The van der Waals surface area contributed by atoms with E-state index in [9.17, 15) is 4.79 Å². The molecule has 1 atom stereocenters. The van der Waals surface area contributed by atoms with Gasteiger partial charge in [-0.2, -0.15) is 5.10 Å². The van der Waals surface area contributed by atoms with Crippen LogP contribution in [0.3, 0.4) is 0 Å². The first-order chi connectivity index (χ1) is 15.6. The molecule has 0 aliphatic heterocycles. The smallest absolute Gasteiger partial charge is 0.262 e. The second kappa shape index (κ2) is 11.9. The Hall–Kier alpha value is -3.32. The summed E-state index contributed by atoms with van der Waals surface area (Å²) in [6, 6.07) is 22.5. The number of para-hydroxylation sites is 1. The molecule has 3 rings (SSSR count). The van der Waals surface area contributed by atoms with Crippen LogP contribution in [0.25, 0.3) is 0 Å². The van der Waals surface area contributed by atoms with Gasteiger partial charge in [-0.3, -0.25) is 4.79 Å². The van der Waals surface area contributed by atoms with E-state index in [1.807, 2.05) is 79.7 Å². The zero-order valence-corrected chi connectivity index (χ0v) is 19.6. The minimum absolute atomic E-state index is 0.215. The minimum Gasteiger partial charge on any atom is -0.497 e. The van der Waals surface area contributed by atoms with Crippen molar-refractivity contribution in [3.63, 3.8) is 0 Å². The number of halogens is 1. The summed E-state index contributed by atoms with van der Waals surface area (Å²) in [5, 5.41) is 7.35. The Kier molecular flexibility index (Phi) is 8.69. The molecular formula is C25H26BrN3O3. The van der Waals surface area contributed by atoms with Gasteiger partial charge in [0.25, 0.3) is 5.91 Å². The maximum atomic E-state index is 12.6. The number of methoxy groups -OCH3 is 1. The minimum atomic E-state index is -0.413. The van der Waals surface area contributed by atoms with Crippen LogP contribution in [0.2, 0.25) is 0 Å². The molecular weight excluding hydrogens is 470 g/mol. The molecule has 6 nitrogen and oxygen atoms in total. The predicted octanol–water partition coefficient (Wildman–Crippen LogP) is 5.38. The molecule has 1 amide bonds. The largest absolute Gasteiger partial charge is 0.497 e. The highest BCUT2D eigenvalue weighted by Gasteiger charge is 2.15. The molecule has 3 aromatic rings. The van der Waals surface area contributed by atoms with Crippen molar-refractivity contribution in [1.82, 2.24) is 5.43 Å². The zero-order chi connectivity index (χ0) is 22.8. The van der Waals surface area contributed by atoms with Crippen LogP contribution in [0.15, 0.2) is 82.4 Å². The van der Waals surface area contributed by atoms with Crippen molar-refractivity contribution in [3.8, 4) is 11.5 Å². The van der Waals surface area contributed by atoms with Gasteiger partial charge in [-0.1, -0.05) is 47.1 Å². The lowest BCUT2D eigenvalue weighted by Gasteiger charge is -2.16. The number of hydrogen-bond donors (Lipinski definition) is 2. The first kappa shape index (κ1) is 23.3. The first-order valence-corrected chi connectivity index (χ1v) is 11.1. The zero-order valence-electron chi connectivity index (χ0n) is 18.0. The van der Waals surface area contributed by atoms with E-state index >= 15 is 0 Å². The lowest BCUT2D eigenvalue weighted by molar-refractivity contribution is -0.121. The monoisotopic (exact) mass is 495 g/mol. The molecule has 0 spiro atoms. The fourth-order valence-corrected chi connectivity index (χ4v) is 3.21. The Bertz CT molecular complexity index is 1040. The SMILES string of the molecule is CC[C@@H](Nc1ccc(OC)cc1)C(=O)NN=Cc1ccccc1OCc1ccc(Br)cc1. The Morgan fingerprint density at radius 1 is 1.06 bits per heavy atom. The number of hydrogen-bond acceptors (Lipinski definition) is 5. The van der Waals surface area contributed by atoms with Crippen molar-refractivity contribution in [3.05, 3.63) is 88.4 Å². The van der Waals surface area contributed by atoms with Crippen molar-refractivity contribution in [2.24, 2.45) is 5.10 Å². The summed E-state index contributed by atoms with van der Waals surface area (Å²) in [6.07, 6.45) is 2.20. The predicted molar refractivity (Wildman–Crippen MR) is 131 cm³/mol. The van der Waals surface area contributed by atoms with E-state index in [-0.39, 0.29) is 5.91 Å². The van der Waals surface area contributed by atoms with E-state index in [2.05, 4.69) is 31.8 Å². The van der Waals surface area contributed by atoms with Gasteiger partial charge in [0, 0.05) is 15.7 Å². The standard InChI is InChI=1S/C25H26BrN3O3/c1-3-23(28-21-12-14-22(31-2)15-13-21)25(30)29-27-16-19-6-4-5-7-24(19)32-17-18-8-10-20(26)11-9-18/h4-16,23,28H,3,17H2,1-2H3,(H,29,30)/t23-/m1/s1. The molecule has 0 saturated carbocycles. The number of ether oxygens (including phenoxy) is 2. The molecule has 3 aromatic carbocycles. The molecule has 0 bridgehead atoms. The molecule has 0 heterocycles. The average molecular weight is 496 g/mol. The fraction of sp³-hybridized carbons (Fsp3) is 0.200. The van der Waals surface area contributed by atoms with E-state index in [1.54, 1.807) is 13.3 Å². The topological polar surface area (TPSA) is 72.0 Å². The van der Waals surface area contributed by atoms with Gasteiger partial charge >= 0.3 is 0 Å². The molecule has 0 radical (unpaired) electrons. The maximum Gasteiger partial charge on any atom is 0.262 e. The van der Waals surface area contributed by atoms with Gasteiger partial charge in [0.2, 0.25) is 0 Å². The van der Waals surface area contributed by atoms with Crippen molar-refractivity contribution < 1.29 is 14.3 Å². The molecule has 0 unspecified atom stereocenters. The van der Waals surface area contributed by atoms with Gasteiger partial charge in [0.15, 0.2) is 0 Å². The van der Waals surface area contributed by atoms with Crippen molar-refractivity contribution in [2.45, 2.75) is 26.0 Å². The van der Waals surface area contributed by atoms with Crippen LogP contribution in [0.5, 0.6) is 11.5 Å². The van der Waals surface area contributed by atoms with Gasteiger partial charge in [0.1, 0.15) is 24.1 Å². The van der Waals surface area contributed by atoms with Crippen LogP contribution in [0, 0.1) is 0 Å². The first-order valence-electron chi connectivity index (χ1n) is 10.3. The highest BCUT2D eigenvalue weighted by molar-refractivity contribution is 9.10. The highest BCUT2D eigenvalue weighted by Crippen LogP contribution is 2.19. The number of anilines is 1. The normalized spacial score (nSPS) is 11.7. The lowest BCUT2D eigenvalue weighted by atomic mass is 10.2. The molecule has 0 aliphatic rings. The van der Waals surface area contributed by atoms with Gasteiger partial charge in [-0.15, -0.1) is 0 Å². The summed E-state index contributed by atoms with van der Waals surface area (Å²) >= 11 is 3.43. The van der Waals surface area contributed by atoms with Gasteiger partial charge < -0.3 is 14.8 Å². The quantitative estimate of drug-likeness (QED) is 0.292. The number of carbonyl (C=O) groups excluding carboxylic acids is 1. The van der Waals surface area contributed by atoms with Gasteiger partial charge in [-0.05, 0) is 60.5 Å². The van der Waals surface area contributed by atoms with E-state index in [0.717, 1.165) is 27.0 Å². The molecule has 2 N–H and O–H groups in total. The number of nitrogens with one attached hydrogen (secondary N) is 2. The van der Waals surface area contributed by atoms with Crippen molar-refractivity contribution in [1.29, 1.82) is 0 Å². The summed E-state index contributed by atoms with van der Waals surface area (Å²) in [7, 11) is 1.62. The Morgan fingerprint density at radius 3 is 2.47 bits per heavy atom. The number of carbonyl (C=O) groups is 1. The Balaban J connectivity index is 1.57. The molecule has 0 saturated heterocycles. The van der Waals surface area contributed by atoms with Crippen LogP contribution < -0.4 is 20.2 Å². The average Bonchev–Trinajstić information content (AvgIpc) is 2.83. The molecule has 7 heteroatoms. The van der Waals surface area contributed by atoms with Crippen LogP contribution in [-0.4, -0.2) is 25.3 Å². The molecule has 0 aromatic heterocycles. The maximum absolute atomic E-state index is 12.6. The molecule has 32 heavy (non-hydrogen) atoms. The second-order valence-electron chi connectivity index (χ2n) is 7.02. The molecule has 0 fully saturated rings. The second-order valence-corrected chi connectivity index (χ2v) is 7.94. The van der Waals surface area contributed by atoms with Crippen LogP contribution in [0.1, 0.15) is 24.5 Å². The Morgan fingerprint density at radius 2 is 1.78 bits per heavy atom. The third kappa shape index (κ3) is 6.85. The fourth-order valence-electron chi connectivity index (χ4n) is 2.95. The number of hydrazone groups is 1. The van der Waals surface area contributed by atoms with E-state index in [0.29, 0.717) is 18.8 Å². The number of nitrogens with zero attached hydrogens (tertiary/aromatic N) is 1. The summed E-state index contributed by atoms with van der Waals surface area (Å²) in [6.45, 7) is 2.38. The highest BCUT2D eigenvalue weighted by atomic mass is 79.9. The number of amides is 1. The summed E-state index contributed by atoms with van der Waals surface area (Å²) in [5.74, 6) is 1.24. The van der Waals surface area contributed by atoms with Crippen LogP contribution in [-0.2, 0) is 11.4 Å². The van der Waals surface area contributed by atoms with Crippen molar-refractivity contribution >= 4 is 33.7 Å². The van der Waals surface area contributed by atoms with Gasteiger partial charge in [0.05, 0.1) is 13.3 Å². The third-order valence-electron chi connectivity index (χ3n) is 4.76. The van der Waals surface area contributed by atoms with Gasteiger partial charge in [-0.25, -0.2) is 5.43 Å². The molecule has 0 aliphatic carbocycles. The van der Waals surface area contributed by atoms with E-state index in [4.69, 9.17) is 9.47 Å². The summed E-state index contributed by atoms with van der Waals surface area (Å²) in [4.78, 5) is 12.6. The summed E-state index contributed by atoms with van der Waals surface area (Å²) < 4.78 is 12.1. The van der Waals surface area contributed by atoms with E-state index < -0.39 is 6.04 Å². The van der Waals surface area contributed by atoms with E-state index in [1.165, 1.54) is 0 Å². The van der Waals surface area contributed by atoms with Crippen molar-refractivity contribution in [2.75, 3.05) is 12.4 Å². The van der Waals surface area contributed by atoms with Crippen LogP contribution in [0.4, 0.5) is 5.69 Å². The lowest BCUT2D eigenvalue weighted by Crippen LogP contribution is -2.36. The number of rotatable bonds is 10. The number of benzene rings is 3. The molecule has 166 valence electrons. The summed E-state index contributed by atoms with van der Waals surface area (Å²) in [5.41, 5.74) is 5.29. The third-order valence-corrected chi connectivity index (χ3v) is 5.29. The Labute approximate surface area is 196 Å².